The molecule has 0 spiro atoms. The molecule has 0 amide bonds. The summed E-state index contributed by atoms with van der Waals surface area (Å²) in [6.07, 6.45) is 0. The van der Waals surface area contributed by atoms with Crippen LogP contribution in [0, 0.1) is 0 Å². The lowest BCUT2D eigenvalue weighted by Crippen LogP contribution is -2.03. The molecule has 0 fully saturated rings. The van der Waals surface area contributed by atoms with E-state index in [0.29, 0.717) is 29.2 Å². The number of tetrazole rings is 1. The van der Waals surface area contributed by atoms with Crippen molar-refractivity contribution in [1.29, 1.82) is 0 Å². The standard InChI is InChI=1S/C18H16N6O2S/c1-25-15-9-5-8-14(10-15)17-19-16(26-21-17)12-27-18-20-22-23-24(18)11-13-6-3-2-4-7-13/h2-10H,11-12H2,1H3. The van der Waals surface area contributed by atoms with Gasteiger partial charge in [0.05, 0.1) is 19.4 Å². The maximum atomic E-state index is 5.35. The van der Waals surface area contributed by atoms with Crippen LogP contribution >= 0.6 is 11.8 Å². The fourth-order valence-electron chi connectivity index (χ4n) is 2.47. The van der Waals surface area contributed by atoms with E-state index in [9.17, 15) is 0 Å². The molecule has 8 nitrogen and oxygen atoms in total. The van der Waals surface area contributed by atoms with Crippen LogP contribution in [0.15, 0.2) is 64.3 Å². The van der Waals surface area contributed by atoms with Gasteiger partial charge in [-0.15, -0.1) is 5.10 Å². The third-order valence-electron chi connectivity index (χ3n) is 3.79. The van der Waals surface area contributed by atoms with E-state index in [4.69, 9.17) is 9.26 Å². The molecule has 27 heavy (non-hydrogen) atoms. The minimum Gasteiger partial charge on any atom is -0.497 e. The summed E-state index contributed by atoms with van der Waals surface area (Å²) >= 11 is 1.45. The van der Waals surface area contributed by atoms with Crippen LogP contribution in [0.4, 0.5) is 0 Å². The molecule has 0 unspecified atom stereocenters. The molecule has 0 saturated carbocycles. The van der Waals surface area contributed by atoms with E-state index >= 15 is 0 Å². The monoisotopic (exact) mass is 380 g/mol. The van der Waals surface area contributed by atoms with Gasteiger partial charge in [-0.25, -0.2) is 4.68 Å². The highest BCUT2D eigenvalue weighted by Gasteiger charge is 2.13. The number of hydrogen-bond donors (Lipinski definition) is 0. The lowest BCUT2D eigenvalue weighted by Gasteiger charge is -2.03. The third kappa shape index (κ3) is 4.14. The van der Waals surface area contributed by atoms with Crippen molar-refractivity contribution in [1.82, 2.24) is 30.3 Å². The predicted octanol–water partition coefficient (Wildman–Crippen LogP) is 3.07. The Morgan fingerprint density at radius 1 is 1.11 bits per heavy atom. The van der Waals surface area contributed by atoms with Gasteiger partial charge in [0.1, 0.15) is 5.75 Å². The largest absolute Gasteiger partial charge is 0.497 e. The highest BCUT2D eigenvalue weighted by Crippen LogP contribution is 2.24. The van der Waals surface area contributed by atoms with E-state index in [1.165, 1.54) is 11.8 Å². The van der Waals surface area contributed by atoms with E-state index in [-0.39, 0.29) is 0 Å². The molecule has 0 N–H and O–H groups in total. The number of aromatic nitrogens is 6. The van der Waals surface area contributed by atoms with Crippen molar-refractivity contribution >= 4 is 11.8 Å². The normalized spacial score (nSPS) is 10.9. The van der Waals surface area contributed by atoms with Crippen molar-refractivity contribution in [3.8, 4) is 17.1 Å². The van der Waals surface area contributed by atoms with Crippen LogP contribution in [0.3, 0.4) is 0 Å². The second-order valence-corrected chi connectivity index (χ2v) is 6.58. The van der Waals surface area contributed by atoms with Crippen LogP contribution in [-0.2, 0) is 12.3 Å². The average molecular weight is 380 g/mol. The summed E-state index contributed by atoms with van der Waals surface area (Å²) in [5.41, 5.74) is 1.97. The zero-order valence-corrected chi connectivity index (χ0v) is 15.3. The van der Waals surface area contributed by atoms with Gasteiger partial charge < -0.3 is 9.26 Å². The van der Waals surface area contributed by atoms with Crippen LogP contribution in [0.25, 0.3) is 11.4 Å². The topological polar surface area (TPSA) is 91.8 Å². The molecule has 2 aromatic carbocycles. The first-order valence-electron chi connectivity index (χ1n) is 8.22. The summed E-state index contributed by atoms with van der Waals surface area (Å²) in [7, 11) is 1.62. The highest BCUT2D eigenvalue weighted by molar-refractivity contribution is 7.98. The van der Waals surface area contributed by atoms with Crippen molar-refractivity contribution in [2.45, 2.75) is 17.5 Å². The van der Waals surface area contributed by atoms with Gasteiger partial charge in [0.2, 0.25) is 16.9 Å². The van der Waals surface area contributed by atoms with Crippen LogP contribution < -0.4 is 4.74 Å². The molecule has 136 valence electrons. The third-order valence-corrected chi connectivity index (χ3v) is 4.74. The lowest BCUT2D eigenvalue weighted by atomic mass is 10.2. The van der Waals surface area contributed by atoms with E-state index in [2.05, 4.69) is 25.7 Å². The first kappa shape index (κ1) is 17.2. The summed E-state index contributed by atoms with van der Waals surface area (Å²) in [5.74, 6) is 2.25. The van der Waals surface area contributed by atoms with Gasteiger partial charge in [0, 0.05) is 5.56 Å². The van der Waals surface area contributed by atoms with Crippen molar-refractivity contribution in [2.75, 3.05) is 7.11 Å². The number of thioether (sulfide) groups is 1. The number of nitrogens with zero attached hydrogens (tertiary/aromatic N) is 6. The zero-order valence-electron chi connectivity index (χ0n) is 14.5. The smallest absolute Gasteiger partial charge is 0.237 e. The Morgan fingerprint density at radius 2 is 2.00 bits per heavy atom. The van der Waals surface area contributed by atoms with E-state index in [1.807, 2.05) is 54.6 Å². The fraction of sp³-hybridized carbons (Fsp3) is 0.167. The summed E-state index contributed by atoms with van der Waals surface area (Å²) in [5, 5.41) is 16.6. The number of benzene rings is 2. The summed E-state index contributed by atoms with van der Waals surface area (Å²) < 4.78 is 12.3. The molecule has 0 atom stereocenters. The molecule has 2 heterocycles. The van der Waals surface area contributed by atoms with E-state index < -0.39 is 0 Å². The number of methoxy groups -OCH3 is 1. The van der Waals surface area contributed by atoms with Gasteiger partial charge in [0.15, 0.2) is 0 Å². The van der Waals surface area contributed by atoms with Gasteiger partial charge in [0.25, 0.3) is 0 Å². The van der Waals surface area contributed by atoms with Crippen molar-refractivity contribution in [2.24, 2.45) is 0 Å². The van der Waals surface area contributed by atoms with Crippen molar-refractivity contribution < 1.29 is 9.26 Å². The Labute approximate surface area is 159 Å². The molecule has 4 aromatic rings. The predicted molar refractivity (Wildman–Crippen MR) is 99.2 cm³/mol. The van der Waals surface area contributed by atoms with Crippen molar-refractivity contribution in [3.05, 3.63) is 66.1 Å². The Morgan fingerprint density at radius 3 is 2.85 bits per heavy atom. The zero-order chi connectivity index (χ0) is 18.5. The van der Waals surface area contributed by atoms with Gasteiger partial charge in [-0.1, -0.05) is 59.4 Å². The minimum absolute atomic E-state index is 0.478. The molecule has 2 aromatic heterocycles. The van der Waals surface area contributed by atoms with Gasteiger partial charge in [-0.3, -0.25) is 0 Å². The Kier molecular flexibility index (Phi) is 5.10. The molecular weight excluding hydrogens is 364 g/mol. The summed E-state index contributed by atoms with van der Waals surface area (Å²) in [6, 6.07) is 17.6. The van der Waals surface area contributed by atoms with Crippen LogP contribution in [0.5, 0.6) is 5.75 Å². The maximum Gasteiger partial charge on any atom is 0.237 e. The molecule has 0 bridgehead atoms. The highest BCUT2D eigenvalue weighted by atomic mass is 32.2. The summed E-state index contributed by atoms with van der Waals surface area (Å²) in [6.45, 7) is 0.606. The van der Waals surface area contributed by atoms with Crippen LogP contribution in [-0.4, -0.2) is 37.5 Å². The SMILES string of the molecule is COc1cccc(-c2noc(CSc3nnnn3Cc3ccccc3)n2)c1. The second kappa shape index (κ2) is 8.00. The van der Waals surface area contributed by atoms with E-state index in [1.54, 1.807) is 11.8 Å². The second-order valence-electron chi connectivity index (χ2n) is 5.64. The Bertz CT molecular complexity index is 1020. The average Bonchev–Trinajstić information content (AvgIpc) is 3.37. The molecule has 0 saturated heterocycles. The molecule has 4 rings (SSSR count). The lowest BCUT2D eigenvalue weighted by molar-refractivity contribution is 0.391. The number of rotatable bonds is 7. The molecular formula is C18H16N6O2S. The first-order chi connectivity index (χ1) is 13.3. The van der Waals surface area contributed by atoms with Gasteiger partial charge in [-0.2, -0.15) is 4.98 Å². The number of hydrogen-bond acceptors (Lipinski definition) is 8. The maximum absolute atomic E-state index is 5.35. The van der Waals surface area contributed by atoms with Gasteiger partial charge >= 0.3 is 0 Å². The first-order valence-corrected chi connectivity index (χ1v) is 9.20. The summed E-state index contributed by atoms with van der Waals surface area (Å²) in [4.78, 5) is 4.44. The quantitative estimate of drug-likeness (QED) is 0.452. The van der Waals surface area contributed by atoms with E-state index in [0.717, 1.165) is 16.9 Å². The van der Waals surface area contributed by atoms with Crippen LogP contribution in [0.1, 0.15) is 11.5 Å². The van der Waals surface area contributed by atoms with Crippen LogP contribution in [0.2, 0.25) is 0 Å². The number of ether oxygens (including phenoxy) is 1. The molecule has 0 aliphatic heterocycles. The molecule has 0 aliphatic rings. The Hall–Kier alpha value is -3.20. The van der Waals surface area contributed by atoms with Crippen molar-refractivity contribution in [3.63, 3.8) is 0 Å². The molecule has 9 heteroatoms. The molecule has 0 radical (unpaired) electrons. The minimum atomic E-state index is 0.478. The fourth-order valence-corrected chi connectivity index (χ4v) is 3.19. The van der Waals surface area contributed by atoms with Gasteiger partial charge in [-0.05, 0) is 28.1 Å². The Balaban J connectivity index is 1.43. The molecule has 0 aliphatic carbocycles.